The number of carbonyl (C=O) groups is 3. The van der Waals surface area contributed by atoms with Crippen LogP contribution in [0.4, 0.5) is 4.79 Å². The number of urea groups is 1. The lowest BCUT2D eigenvalue weighted by atomic mass is 10.0. The molecule has 4 amide bonds. The maximum absolute atomic E-state index is 13.4. The van der Waals surface area contributed by atoms with E-state index in [0.717, 1.165) is 27.7 Å². The summed E-state index contributed by atoms with van der Waals surface area (Å²) in [6.45, 7) is 2.78. The zero-order valence-corrected chi connectivity index (χ0v) is 22.9. The molecule has 0 aromatic heterocycles. The Morgan fingerprint density at radius 2 is 1.61 bits per heavy atom. The van der Waals surface area contributed by atoms with Crippen molar-refractivity contribution in [2.24, 2.45) is 0 Å². The van der Waals surface area contributed by atoms with E-state index in [1.807, 2.05) is 55.5 Å². The van der Waals surface area contributed by atoms with Crippen LogP contribution >= 0.6 is 0 Å². The zero-order chi connectivity index (χ0) is 28.8. The molecule has 1 heterocycles. The molecule has 8 heteroatoms. The summed E-state index contributed by atoms with van der Waals surface area (Å²) in [6, 6.07) is 25.6. The fourth-order valence-corrected chi connectivity index (χ4v) is 4.62. The van der Waals surface area contributed by atoms with Crippen LogP contribution in [-0.4, -0.2) is 36.5 Å². The Hall–Kier alpha value is -5.11. The quantitative estimate of drug-likeness (QED) is 0.196. The molecule has 0 radical (unpaired) electrons. The van der Waals surface area contributed by atoms with Gasteiger partial charge in [0.15, 0.2) is 11.5 Å². The van der Waals surface area contributed by atoms with E-state index >= 15 is 0 Å². The van der Waals surface area contributed by atoms with Crippen molar-refractivity contribution in [3.05, 3.63) is 107 Å². The highest BCUT2D eigenvalue weighted by Crippen LogP contribution is 2.30. The van der Waals surface area contributed by atoms with Crippen molar-refractivity contribution in [1.82, 2.24) is 10.2 Å². The topological polar surface area (TPSA) is 94.2 Å². The summed E-state index contributed by atoms with van der Waals surface area (Å²) in [4.78, 5) is 39.9. The van der Waals surface area contributed by atoms with Crippen LogP contribution in [0.2, 0.25) is 0 Å². The third-order valence-electron chi connectivity index (χ3n) is 6.70. The van der Waals surface area contributed by atoms with E-state index in [1.54, 1.807) is 36.4 Å². The van der Waals surface area contributed by atoms with E-state index in [-0.39, 0.29) is 12.1 Å². The molecule has 0 spiro atoms. The predicted molar refractivity (Wildman–Crippen MR) is 156 cm³/mol. The van der Waals surface area contributed by atoms with Crippen LogP contribution in [-0.2, 0) is 22.7 Å². The van der Waals surface area contributed by atoms with Crippen LogP contribution in [0.1, 0.15) is 30.0 Å². The van der Waals surface area contributed by atoms with Crippen LogP contribution < -0.4 is 19.5 Å². The molecular weight excluding hydrogens is 520 g/mol. The van der Waals surface area contributed by atoms with E-state index in [9.17, 15) is 14.4 Å². The number of carbonyl (C=O) groups excluding carboxylic acids is 3. The first-order valence-corrected chi connectivity index (χ1v) is 13.4. The van der Waals surface area contributed by atoms with E-state index in [1.165, 1.54) is 13.2 Å². The number of amides is 4. The minimum atomic E-state index is -0.789. The third kappa shape index (κ3) is 6.06. The molecular formula is C33H30N2O6. The van der Waals surface area contributed by atoms with Crippen molar-refractivity contribution < 1.29 is 28.6 Å². The number of imide groups is 2. The van der Waals surface area contributed by atoms with E-state index in [0.29, 0.717) is 41.6 Å². The Kier molecular flexibility index (Phi) is 8.29. The number of hydrogen-bond donors (Lipinski definition) is 1. The van der Waals surface area contributed by atoms with Crippen LogP contribution in [0, 0.1) is 0 Å². The van der Waals surface area contributed by atoms with Gasteiger partial charge in [-0.05, 0) is 52.6 Å². The number of hydrogen-bond acceptors (Lipinski definition) is 6. The van der Waals surface area contributed by atoms with Crippen molar-refractivity contribution in [3.8, 4) is 17.2 Å². The Bertz CT molecular complexity index is 1640. The molecule has 1 fully saturated rings. The third-order valence-corrected chi connectivity index (χ3v) is 6.70. The van der Waals surface area contributed by atoms with Gasteiger partial charge in [-0.15, -0.1) is 0 Å². The van der Waals surface area contributed by atoms with Gasteiger partial charge < -0.3 is 14.2 Å². The summed E-state index contributed by atoms with van der Waals surface area (Å²) in [7, 11) is 1.52. The highest BCUT2D eigenvalue weighted by Gasteiger charge is 2.36. The number of rotatable bonds is 10. The molecule has 4 aromatic rings. The monoisotopic (exact) mass is 550 g/mol. The second kappa shape index (κ2) is 12.4. The number of barbiturate groups is 1. The fraction of sp³-hybridized carbons (Fsp3) is 0.182. The standard InChI is InChI=1S/C33H30N2O6/c1-3-17-40-29-16-15-22(18-30(29)39-2)20-35-32(37)27(31(36)34-33(35)38)19-24-10-5-7-14-28(24)41-21-25-12-8-11-23-9-4-6-13-26(23)25/h4-16,18-19H,3,17,20-21H2,1-2H3,(H,34,36,38)/b27-19+. The lowest BCUT2D eigenvalue weighted by molar-refractivity contribution is -0.130. The number of ether oxygens (including phenoxy) is 3. The Morgan fingerprint density at radius 3 is 2.44 bits per heavy atom. The minimum Gasteiger partial charge on any atom is -0.493 e. The van der Waals surface area contributed by atoms with Gasteiger partial charge in [-0.25, -0.2) is 4.79 Å². The number of methoxy groups -OCH3 is 1. The summed E-state index contributed by atoms with van der Waals surface area (Å²) < 4.78 is 17.3. The molecule has 0 bridgehead atoms. The maximum atomic E-state index is 13.4. The van der Waals surface area contributed by atoms with Crippen molar-refractivity contribution in [2.45, 2.75) is 26.5 Å². The Labute approximate surface area is 238 Å². The molecule has 1 saturated heterocycles. The molecule has 0 aliphatic carbocycles. The SMILES string of the molecule is CCCOc1ccc(CN2C(=O)NC(=O)/C(=C\c3ccccc3OCc3cccc4ccccc34)C2=O)cc1OC. The van der Waals surface area contributed by atoms with Crippen LogP contribution in [0.3, 0.4) is 0 Å². The molecule has 4 aromatic carbocycles. The van der Waals surface area contributed by atoms with Gasteiger partial charge in [0.05, 0.1) is 20.3 Å². The smallest absolute Gasteiger partial charge is 0.331 e. The summed E-state index contributed by atoms with van der Waals surface area (Å²) in [6.07, 6.45) is 2.30. The van der Waals surface area contributed by atoms with Crippen molar-refractivity contribution in [2.75, 3.05) is 13.7 Å². The second-order valence-electron chi connectivity index (χ2n) is 9.51. The average molecular weight is 551 g/mol. The molecule has 1 aliphatic heterocycles. The zero-order valence-electron chi connectivity index (χ0n) is 22.9. The number of benzene rings is 4. The molecule has 1 N–H and O–H groups in total. The number of para-hydroxylation sites is 1. The van der Waals surface area contributed by atoms with Gasteiger partial charge in [0.1, 0.15) is 17.9 Å². The maximum Gasteiger partial charge on any atom is 0.331 e. The first-order chi connectivity index (χ1) is 20.0. The molecule has 8 nitrogen and oxygen atoms in total. The fourth-order valence-electron chi connectivity index (χ4n) is 4.62. The molecule has 0 atom stereocenters. The van der Waals surface area contributed by atoms with Gasteiger partial charge >= 0.3 is 6.03 Å². The van der Waals surface area contributed by atoms with Crippen LogP contribution in [0.15, 0.2) is 90.5 Å². The molecule has 5 rings (SSSR count). The molecule has 1 aliphatic rings. The first kappa shape index (κ1) is 27.5. The van der Waals surface area contributed by atoms with Gasteiger partial charge in [-0.2, -0.15) is 0 Å². The molecule has 0 saturated carbocycles. The van der Waals surface area contributed by atoms with E-state index in [2.05, 4.69) is 5.32 Å². The number of fused-ring (bicyclic) bond motifs is 1. The largest absolute Gasteiger partial charge is 0.493 e. The second-order valence-corrected chi connectivity index (χ2v) is 9.51. The normalized spacial score (nSPS) is 14.3. The van der Waals surface area contributed by atoms with Gasteiger partial charge in [0.2, 0.25) is 0 Å². The van der Waals surface area contributed by atoms with Crippen LogP contribution in [0.5, 0.6) is 17.2 Å². The highest BCUT2D eigenvalue weighted by atomic mass is 16.5. The highest BCUT2D eigenvalue weighted by molar-refractivity contribution is 6.31. The Balaban J connectivity index is 1.38. The number of nitrogens with zero attached hydrogens (tertiary/aromatic N) is 1. The summed E-state index contributed by atoms with van der Waals surface area (Å²) >= 11 is 0. The minimum absolute atomic E-state index is 0.0566. The molecule has 208 valence electrons. The number of nitrogens with one attached hydrogen (secondary N) is 1. The first-order valence-electron chi connectivity index (χ1n) is 13.4. The van der Waals surface area contributed by atoms with Gasteiger partial charge in [0.25, 0.3) is 11.8 Å². The van der Waals surface area contributed by atoms with Crippen LogP contribution in [0.25, 0.3) is 16.8 Å². The van der Waals surface area contributed by atoms with Crippen molar-refractivity contribution in [3.63, 3.8) is 0 Å². The lowest BCUT2D eigenvalue weighted by Crippen LogP contribution is -2.53. The Morgan fingerprint density at radius 1 is 0.829 bits per heavy atom. The average Bonchev–Trinajstić information content (AvgIpc) is 3.00. The molecule has 41 heavy (non-hydrogen) atoms. The molecule has 0 unspecified atom stereocenters. The van der Waals surface area contributed by atoms with Gasteiger partial charge in [-0.3, -0.25) is 19.8 Å². The van der Waals surface area contributed by atoms with E-state index < -0.39 is 17.8 Å². The van der Waals surface area contributed by atoms with Crippen molar-refractivity contribution in [1.29, 1.82) is 0 Å². The lowest BCUT2D eigenvalue weighted by Gasteiger charge is -2.26. The summed E-state index contributed by atoms with van der Waals surface area (Å²) in [5.41, 5.74) is 2.03. The van der Waals surface area contributed by atoms with Gasteiger partial charge in [-0.1, -0.05) is 73.7 Å². The predicted octanol–water partition coefficient (Wildman–Crippen LogP) is 5.88. The summed E-state index contributed by atoms with van der Waals surface area (Å²) in [5.74, 6) is 0.103. The van der Waals surface area contributed by atoms with E-state index in [4.69, 9.17) is 14.2 Å². The summed E-state index contributed by atoms with van der Waals surface area (Å²) in [5, 5.41) is 4.47. The van der Waals surface area contributed by atoms with Crippen molar-refractivity contribution >= 4 is 34.7 Å². The van der Waals surface area contributed by atoms with Gasteiger partial charge in [0, 0.05) is 5.56 Å².